The van der Waals surface area contributed by atoms with E-state index in [0.717, 1.165) is 24.1 Å². The zero-order valence-electron chi connectivity index (χ0n) is 12.2. The van der Waals surface area contributed by atoms with Gasteiger partial charge in [-0.25, -0.2) is 0 Å². The van der Waals surface area contributed by atoms with Gasteiger partial charge in [0.15, 0.2) is 0 Å². The van der Waals surface area contributed by atoms with Crippen LogP contribution in [-0.2, 0) is 9.53 Å². The molecule has 4 nitrogen and oxygen atoms in total. The summed E-state index contributed by atoms with van der Waals surface area (Å²) < 4.78 is 7.46. The number of nitrogens with zero attached hydrogens (tertiary/aromatic N) is 1. The molecule has 2 heterocycles. The highest BCUT2D eigenvalue weighted by atomic mass is 16.5. The van der Waals surface area contributed by atoms with E-state index in [9.17, 15) is 4.79 Å². The number of benzene rings is 1. The van der Waals surface area contributed by atoms with Gasteiger partial charge in [-0.05, 0) is 49.6 Å². The van der Waals surface area contributed by atoms with Crippen molar-refractivity contribution in [1.82, 2.24) is 9.88 Å². The first-order valence-electron chi connectivity index (χ1n) is 7.39. The van der Waals surface area contributed by atoms with Gasteiger partial charge in [0, 0.05) is 24.7 Å². The maximum Gasteiger partial charge on any atom is 0.249 e. The number of carbonyl (C=O) groups is 1. The molecule has 1 saturated heterocycles. The Morgan fingerprint density at radius 2 is 2.00 bits per heavy atom. The molecule has 0 aliphatic carbocycles. The van der Waals surface area contributed by atoms with Crippen LogP contribution in [0.4, 0.5) is 0 Å². The van der Waals surface area contributed by atoms with Crippen LogP contribution in [0.3, 0.4) is 0 Å². The number of hydrogen-bond acceptors (Lipinski definition) is 2. The van der Waals surface area contributed by atoms with Crippen LogP contribution in [0.15, 0.2) is 48.8 Å². The second kappa shape index (κ2) is 6.14. The minimum atomic E-state index is -0.272. The molecule has 2 aromatic rings. The SMILES string of the molecule is CC(NC(=O)C1CCCO1)c1ccc(-n2cccc2)cc1. The number of ether oxygens (including phenoxy) is 1. The summed E-state index contributed by atoms with van der Waals surface area (Å²) in [6.45, 7) is 2.69. The van der Waals surface area contributed by atoms with E-state index in [-0.39, 0.29) is 18.1 Å². The molecule has 2 unspecified atom stereocenters. The van der Waals surface area contributed by atoms with Gasteiger partial charge in [0.25, 0.3) is 0 Å². The summed E-state index contributed by atoms with van der Waals surface area (Å²) >= 11 is 0. The number of hydrogen-bond donors (Lipinski definition) is 1. The van der Waals surface area contributed by atoms with Gasteiger partial charge >= 0.3 is 0 Å². The van der Waals surface area contributed by atoms with Crippen molar-refractivity contribution in [3.63, 3.8) is 0 Å². The van der Waals surface area contributed by atoms with Gasteiger partial charge in [-0.15, -0.1) is 0 Å². The second-order valence-corrected chi connectivity index (χ2v) is 5.41. The molecule has 2 atom stereocenters. The Morgan fingerprint density at radius 3 is 2.62 bits per heavy atom. The van der Waals surface area contributed by atoms with Crippen molar-refractivity contribution >= 4 is 5.91 Å². The molecule has 1 aromatic carbocycles. The van der Waals surface area contributed by atoms with Crippen LogP contribution in [0.1, 0.15) is 31.4 Å². The van der Waals surface area contributed by atoms with Crippen LogP contribution in [-0.4, -0.2) is 23.2 Å². The first-order valence-corrected chi connectivity index (χ1v) is 7.39. The molecule has 0 bridgehead atoms. The molecule has 1 fully saturated rings. The van der Waals surface area contributed by atoms with Gasteiger partial charge in [0.1, 0.15) is 6.10 Å². The molecule has 1 aliphatic heterocycles. The summed E-state index contributed by atoms with van der Waals surface area (Å²) in [6.07, 6.45) is 5.55. The standard InChI is InChI=1S/C17H20N2O2/c1-13(18-17(20)16-5-4-12-21-16)14-6-8-15(9-7-14)19-10-2-3-11-19/h2-3,6-11,13,16H,4-5,12H2,1H3,(H,18,20). The smallest absolute Gasteiger partial charge is 0.249 e. The molecule has 0 radical (unpaired) electrons. The minimum absolute atomic E-state index is 0.00511. The Morgan fingerprint density at radius 1 is 1.29 bits per heavy atom. The first kappa shape index (κ1) is 13.9. The lowest BCUT2D eigenvalue weighted by Crippen LogP contribution is -2.35. The quantitative estimate of drug-likeness (QED) is 0.938. The van der Waals surface area contributed by atoms with Gasteiger partial charge in [0.2, 0.25) is 5.91 Å². The summed E-state index contributed by atoms with van der Waals surface area (Å²) in [5.41, 5.74) is 2.21. The highest BCUT2D eigenvalue weighted by Crippen LogP contribution is 2.18. The summed E-state index contributed by atoms with van der Waals surface area (Å²) in [5.74, 6) is -0.00511. The zero-order valence-corrected chi connectivity index (χ0v) is 12.2. The van der Waals surface area contributed by atoms with Crippen LogP contribution in [0.2, 0.25) is 0 Å². The summed E-state index contributed by atoms with van der Waals surface area (Å²) in [4.78, 5) is 12.0. The fourth-order valence-electron chi connectivity index (χ4n) is 2.62. The third kappa shape index (κ3) is 3.16. The van der Waals surface area contributed by atoms with E-state index < -0.39 is 0 Å². The first-order chi connectivity index (χ1) is 10.2. The van der Waals surface area contributed by atoms with E-state index in [1.807, 2.05) is 31.5 Å². The third-order valence-corrected chi connectivity index (χ3v) is 3.88. The summed E-state index contributed by atoms with van der Waals surface area (Å²) in [5, 5.41) is 3.02. The fraction of sp³-hybridized carbons (Fsp3) is 0.353. The third-order valence-electron chi connectivity index (χ3n) is 3.88. The molecule has 110 valence electrons. The Hall–Kier alpha value is -2.07. The van der Waals surface area contributed by atoms with E-state index in [4.69, 9.17) is 4.74 Å². The highest BCUT2D eigenvalue weighted by molar-refractivity contribution is 5.81. The Labute approximate surface area is 124 Å². The summed E-state index contributed by atoms with van der Waals surface area (Å²) in [6, 6.07) is 12.2. The number of amides is 1. The molecule has 4 heteroatoms. The Balaban J connectivity index is 1.64. The lowest BCUT2D eigenvalue weighted by Gasteiger charge is -2.17. The number of aromatic nitrogens is 1. The number of rotatable bonds is 4. The molecular formula is C17H20N2O2. The van der Waals surface area contributed by atoms with Crippen LogP contribution >= 0.6 is 0 Å². The van der Waals surface area contributed by atoms with Crippen LogP contribution < -0.4 is 5.32 Å². The average Bonchev–Trinajstić information content (AvgIpc) is 3.20. The van der Waals surface area contributed by atoms with Crippen molar-refractivity contribution in [2.24, 2.45) is 0 Å². The number of nitrogens with one attached hydrogen (secondary N) is 1. The zero-order chi connectivity index (χ0) is 14.7. The van der Waals surface area contributed by atoms with E-state index >= 15 is 0 Å². The Kier molecular flexibility index (Phi) is 4.06. The predicted octanol–water partition coefficient (Wildman–Crippen LogP) is 2.83. The van der Waals surface area contributed by atoms with Crippen LogP contribution in [0, 0.1) is 0 Å². The average molecular weight is 284 g/mol. The summed E-state index contributed by atoms with van der Waals surface area (Å²) in [7, 11) is 0. The maximum absolute atomic E-state index is 12.0. The topological polar surface area (TPSA) is 43.3 Å². The molecule has 1 aromatic heterocycles. The van der Waals surface area contributed by atoms with Crippen molar-refractivity contribution in [1.29, 1.82) is 0 Å². The maximum atomic E-state index is 12.0. The van der Waals surface area contributed by atoms with Gasteiger partial charge in [-0.1, -0.05) is 12.1 Å². The number of carbonyl (C=O) groups excluding carboxylic acids is 1. The Bertz CT molecular complexity index is 584. The van der Waals surface area contributed by atoms with Gasteiger partial charge < -0.3 is 14.6 Å². The van der Waals surface area contributed by atoms with E-state index in [0.29, 0.717) is 6.61 Å². The molecule has 1 aliphatic rings. The second-order valence-electron chi connectivity index (χ2n) is 5.41. The monoisotopic (exact) mass is 284 g/mol. The molecule has 0 spiro atoms. The highest BCUT2D eigenvalue weighted by Gasteiger charge is 2.24. The molecule has 21 heavy (non-hydrogen) atoms. The van der Waals surface area contributed by atoms with Crippen LogP contribution in [0.5, 0.6) is 0 Å². The van der Waals surface area contributed by atoms with E-state index in [2.05, 4.69) is 34.1 Å². The van der Waals surface area contributed by atoms with Crippen molar-refractivity contribution in [2.45, 2.75) is 31.9 Å². The fourth-order valence-corrected chi connectivity index (χ4v) is 2.62. The van der Waals surface area contributed by atoms with E-state index in [1.54, 1.807) is 0 Å². The molecule has 3 rings (SSSR count). The van der Waals surface area contributed by atoms with Crippen molar-refractivity contribution < 1.29 is 9.53 Å². The molecule has 0 saturated carbocycles. The van der Waals surface area contributed by atoms with Crippen molar-refractivity contribution in [2.75, 3.05) is 6.61 Å². The molecule has 1 amide bonds. The molecular weight excluding hydrogens is 264 g/mol. The largest absolute Gasteiger partial charge is 0.368 e. The predicted molar refractivity (Wildman–Crippen MR) is 81.3 cm³/mol. The van der Waals surface area contributed by atoms with Gasteiger partial charge in [0.05, 0.1) is 6.04 Å². The van der Waals surface area contributed by atoms with Crippen LogP contribution in [0.25, 0.3) is 5.69 Å². The lowest BCUT2D eigenvalue weighted by atomic mass is 10.1. The van der Waals surface area contributed by atoms with Crippen molar-refractivity contribution in [3.8, 4) is 5.69 Å². The van der Waals surface area contributed by atoms with Gasteiger partial charge in [-0.3, -0.25) is 4.79 Å². The normalized spacial score (nSPS) is 19.4. The van der Waals surface area contributed by atoms with Gasteiger partial charge in [-0.2, -0.15) is 0 Å². The minimum Gasteiger partial charge on any atom is -0.368 e. The van der Waals surface area contributed by atoms with E-state index in [1.165, 1.54) is 0 Å². The lowest BCUT2D eigenvalue weighted by molar-refractivity contribution is -0.130. The van der Waals surface area contributed by atoms with Crippen molar-refractivity contribution in [3.05, 3.63) is 54.4 Å². The molecule has 1 N–H and O–H groups in total.